The fraction of sp³-hybridized carbons (Fsp3) is 0.286. The number of thiazole rings is 1. The summed E-state index contributed by atoms with van der Waals surface area (Å²) in [6, 6.07) is 14.5. The second-order valence-corrected chi connectivity index (χ2v) is 8.83. The first kappa shape index (κ1) is 20.4. The first-order chi connectivity index (χ1) is 13.5. The summed E-state index contributed by atoms with van der Waals surface area (Å²) >= 11 is 3.00. The molecule has 0 unspecified atom stereocenters. The molecule has 2 aromatic carbocycles. The second-order valence-electron chi connectivity index (χ2n) is 6.58. The van der Waals surface area contributed by atoms with Crippen LogP contribution in [-0.4, -0.2) is 35.7 Å². The Morgan fingerprint density at radius 2 is 1.86 bits per heavy atom. The van der Waals surface area contributed by atoms with Gasteiger partial charge in [-0.1, -0.05) is 37.7 Å². The zero-order valence-corrected chi connectivity index (χ0v) is 17.3. The van der Waals surface area contributed by atoms with E-state index in [1.54, 1.807) is 35.6 Å². The summed E-state index contributed by atoms with van der Waals surface area (Å²) in [5, 5.41) is 0. The van der Waals surface area contributed by atoms with Crippen molar-refractivity contribution in [2.45, 2.75) is 18.2 Å². The van der Waals surface area contributed by atoms with Gasteiger partial charge in [0, 0.05) is 0 Å². The Bertz CT molecular complexity index is 917. The smallest absolute Gasteiger partial charge is 0.338 e. The number of ether oxygens (including phenoxy) is 2. The minimum absolute atomic E-state index is 0.0188. The molecule has 3 rings (SSSR count). The van der Waals surface area contributed by atoms with E-state index in [1.165, 1.54) is 11.8 Å². The number of carbonyl (C=O) groups excluding carboxylic acids is 2. The number of benzene rings is 2. The van der Waals surface area contributed by atoms with E-state index >= 15 is 0 Å². The number of nitrogens with zero attached hydrogens (tertiary/aromatic N) is 1. The molecule has 0 saturated carbocycles. The van der Waals surface area contributed by atoms with E-state index in [4.69, 9.17) is 9.47 Å². The van der Waals surface area contributed by atoms with Crippen molar-refractivity contribution in [2.24, 2.45) is 5.92 Å². The Hall–Kier alpha value is -2.38. The molecule has 0 saturated heterocycles. The van der Waals surface area contributed by atoms with E-state index in [0.717, 1.165) is 14.6 Å². The molecule has 0 atom stereocenters. The highest BCUT2D eigenvalue weighted by Gasteiger charge is 2.10. The van der Waals surface area contributed by atoms with Gasteiger partial charge in [-0.3, -0.25) is 4.79 Å². The van der Waals surface area contributed by atoms with Gasteiger partial charge in [0.25, 0.3) is 0 Å². The molecular weight excluding hydrogens is 394 g/mol. The number of aromatic nitrogens is 1. The monoisotopic (exact) mass is 415 g/mol. The van der Waals surface area contributed by atoms with Gasteiger partial charge in [-0.15, -0.1) is 11.3 Å². The molecule has 0 spiro atoms. The van der Waals surface area contributed by atoms with Gasteiger partial charge in [-0.05, 0) is 42.3 Å². The molecule has 0 aliphatic rings. The second kappa shape index (κ2) is 9.71. The van der Waals surface area contributed by atoms with Crippen LogP contribution in [0, 0.1) is 5.92 Å². The predicted molar refractivity (Wildman–Crippen MR) is 112 cm³/mol. The van der Waals surface area contributed by atoms with Crippen LogP contribution in [0.15, 0.2) is 52.9 Å². The zero-order chi connectivity index (χ0) is 19.9. The third-order valence-corrected chi connectivity index (χ3v) is 5.91. The van der Waals surface area contributed by atoms with Gasteiger partial charge in [0.05, 0.1) is 28.1 Å². The molecule has 0 fully saturated rings. The molecule has 7 heteroatoms. The van der Waals surface area contributed by atoms with E-state index in [9.17, 15) is 9.59 Å². The molecule has 0 N–H and O–H groups in total. The maximum atomic E-state index is 12.1. The summed E-state index contributed by atoms with van der Waals surface area (Å²) in [5.74, 6) is 0.754. The van der Waals surface area contributed by atoms with Gasteiger partial charge in [0.15, 0.2) is 10.1 Å². The molecule has 146 valence electrons. The highest BCUT2D eigenvalue weighted by molar-refractivity contribution is 8.01. The Kier molecular flexibility index (Phi) is 7.06. The lowest BCUT2D eigenvalue weighted by Gasteiger charge is -2.08. The Morgan fingerprint density at radius 3 is 2.57 bits per heavy atom. The standard InChI is InChI=1S/C21H21NO4S2/c1-14(2)11-26-20(24)15-7-9-17(10-8-15)25-12-16(23)13-27-21-22-18-5-3-4-6-19(18)28-21/h3-10,14H,11-13H2,1-2H3. The number of fused-ring (bicyclic) bond motifs is 1. The fourth-order valence-corrected chi connectivity index (χ4v) is 4.18. The fourth-order valence-electron chi connectivity index (χ4n) is 2.27. The minimum Gasteiger partial charge on any atom is -0.486 e. The van der Waals surface area contributed by atoms with Crippen LogP contribution < -0.4 is 4.74 Å². The van der Waals surface area contributed by atoms with Crippen LogP contribution in [0.5, 0.6) is 5.75 Å². The van der Waals surface area contributed by atoms with Crippen molar-refractivity contribution in [1.29, 1.82) is 0 Å². The quantitative estimate of drug-likeness (QED) is 0.368. The maximum Gasteiger partial charge on any atom is 0.338 e. The van der Waals surface area contributed by atoms with Crippen LogP contribution >= 0.6 is 23.1 Å². The summed E-state index contributed by atoms with van der Waals surface area (Å²) in [6.07, 6.45) is 0. The molecule has 1 heterocycles. The molecule has 0 aliphatic heterocycles. The average Bonchev–Trinajstić information content (AvgIpc) is 3.12. The molecule has 3 aromatic rings. The number of Topliss-reactive ketones (excluding diaryl/α,β-unsaturated/α-hetero) is 1. The van der Waals surface area contributed by atoms with Crippen LogP contribution in [0.25, 0.3) is 10.2 Å². The Labute approximate surface area is 172 Å². The summed E-state index contributed by atoms with van der Waals surface area (Å²) in [5.41, 5.74) is 1.41. The molecule has 0 amide bonds. The Balaban J connectivity index is 1.44. The maximum absolute atomic E-state index is 12.1. The van der Waals surface area contributed by atoms with Crippen molar-refractivity contribution in [2.75, 3.05) is 19.0 Å². The van der Waals surface area contributed by atoms with Gasteiger partial charge in [-0.2, -0.15) is 0 Å². The van der Waals surface area contributed by atoms with E-state index in [2.05, 4.69) is 4.98 Å². The summed E-state index contributed by atoms with van der Waals surface area (Å²) in [7, 11) is 0. The lowest BCUT2D eigenvalue weighted by molar-refractivity contribution is -0.118. The van der Waals surface area contributed by atoms with E-state index in [0.29, 0.717) is 29.6 Å². The zero-order valence-electron chi connectivity index (χ0n) is 15.7. The van der Waals surface area contributed by atoms with Crippen molar-refractivity contribution in [3.05, 3.63) is 54.1 Å². The first-order valence-corrected chi connectivity index (χ1v) is 10.7. The number of hydrogen-bond acceptors (Lipinski definition) is 7. The lowest BCUT2D eigenvalue weighted by atomic mass is 10.2. The summed E-state index contributed by atoms with van der Waals surface area (Å²) in [6.45, 7) is 4.33. The predicted octanol–water partition coefficient (Wildman–Crippen LogP) is 4.85. The van der Waals surface area contributed by atoms with Crippen LogP contribution in [0.1, 0.15) is 24.2 Å². The van der Waals surface area contributed by atoms with Crippen molar-refractivity contribution in [3.8, 4) is 5.75 Å². The third kappa shape index (κ3) is 5.81. The molecule has 5 nitrogen and oxygen atoms in total. The van der Waals surface area contributed by atoms with E-state index in [1.807, 2.05) is 38.1 Å². The van der Waals surface area contributed by atoms with Gasteiger partial charge in [0.1, 0.15) is 12.4 Å². The number of esters is 1. The highest BCUT2D eigenvalue weighted by atomic mass is 32.2. The third-order valence-electron chi connectivity index (χ3n) is 3.67. The minimum atomic E-state index is -0.358. The number of ketones is 1. The van der Waals surface area contributed by atoms with Crippen molar-refractivity contribution in [3.63, 3.8) is 0 Å². The SMILES string of the molecule is CC(C)COC(=O)c1ccc(OCC(=O)CSc2nc3ccccc3s2)cc1. The van der Waals surface area contributed by atoms with Gasteiger partial charge >= 0.3 is 5.97 Å². The molecule has 28 heavy (non-hydrogen) atoms. The van der Waals surface area contributed by atoms with Crippen LogP contribution in [0.3, 0.4) is 0 Å². The van der Waals surface area contributed by atoms with E-state index in [-0.39, 0.29) is 18.4 Å². The summed E-state index contributed by atoms with van der Waals surface area (Å²) < 4.78 is 12.7. The molecule has 0 radical (unpaired) electrons. The molecule has 0 bridgehead atoms. The number of para-hydroxylation sites is 1. The lowest BCUT2D eigenvalue weighted by Crippen LogP contribution is -2.13. The topological polar surface area (TPSA) is 65.5 Å². The Morgan fingerprint density at radius 1 is 1.11 bits per heavy atom. The number of rotatable bonds is 9. The molecule has 1 aromatic heterocycles. The highest BCUT2D eigenvalue weighted by Crippen LogP contribution is 2.29. The largest absolute Gasteiger partial charge is 0.486 e. The van der Waals surface area contributed by atoms with Gasteiger partial charge < -0.3 is 9.47 Å². The summed E-state index contributed by atoms with van der Waals surface area (Å²) in [4.78, 5) is 28.5. The van der Waals surface area contributed by atoms with Crippen LogP contribution in [-0.2, 0) is 9.53 Å². The van der Waals surface area contributed by atoms with E-state index < -0.39 is 0 Å². The first-order valence-electron chi connectivity index (χ1n) is 8.91. The van der Waals surface area contributed by atoms with Crippen molar-refractivity contribution < 1.29 is 19.1 Å². The number of thioether (sulfide) groups is 1. The normalized spacial score (nSPS) is 11.0. The number of carbonyl (C=O) groups is 2. The average molecular weight is 416 g/mol. The van der Waals surface area contributed by atoms with Crippen LogP contribution in [0.4, 0.5) is 0 Å². The van der Waals surface area contributed by atoms with Gasteiger partial charge in [-0.25, -0.2) is 9.78 Å². The van der Waals surface area contributed by atoms with Crippen molar-refractivity contribution in [1.82, 2.24) is 4.98 Å². The van der Waals surface area contributed by atoms with Crippen LogP contribution in [0.2, 0.25) is 0 Å². The van der Waals surface area contributed by atoms with Gasteiger partial charge in [0.2, 0.25) is 0 Å². The number of hydrogen-bond donors (Lipinski definition) is 0. The molecular formula is C21H21NO4S2. The molecule has 0 aliphatic carbocycles. The van der Waals surface area contributed by atoms with Crippen molar-refractivity contribution >= 4 is 45.1 Å².